The number of phenols is 1. The molecule has 0 aliphatic carbocycles. The summed E-state index contributed by atoms with van der Waals surface area (Å²) >= 11 is 0. The van der Waals surface area contributed by atoms with Crippen molar-refractivity contribution >= 4 is 45.0 Å². The third-order valence-corrected chi connectivity index (χ3v) is 12.4. The summed E-state index contributed by atoms with van der Waals surface area (Å²) in [6.45, 7) is 9.52. The standard InChI is InChI=1S/C49H48N6O5/c1-32(2)52-19-18-34-25-37(14-17-43(34)52)55(36-12-15-39(56)16-13-36)49(58)42-30-54(44-11-7-6-10-40(42)44)45-27-47-46(59-31-60-47)26-41(45)48(57)53-28-35-9-5-4-8-33(35)24-38(53)29-51-22-20-50(3)21-23-51/h4-19,25-27,30,32,38,56H,20-24,28-29,31H2,1-3H3/t38-/m0/s1. The lowest BCUT2D eigenvalue weighted by atomic mass is 9.92. The van der Waals surface area contributed by atoms with E-state index in [1.54, 1.807) is 29.2 Å². The van der Waals surface area contributed by atoms with Gasteiger partial charge in [-0.3, -0.25) is 19.4 Å². The largest absolute Gasteiger partial charge is 0.508 e. The molecule has 304 valence electrons. The number of para-hydroxylation sites is 1. The first-order valence-corrected chi connectivity index (χ1v) is 20.8. The maximum absolute atomic E-state index is 15.3. The zero-order valence-corrected chi connectivity index (χ0v) is 34.1. The molecule has 1 fully saturated rings. The number of phenolic OH excluding ortho intramolecular Hbond substituents is 1. The highest BCUT2D eigenvalue weighted by atomic mass is 16.7. The first kappa shape index (κ1) is 37.7. The molecule has 3 aliphatic rings. The van der Waals surface area contributed by atoms with E-state index >= 15 is 9.59 Å². The molecule has 0 radical (unpaired) electrons. The fourth-order valence-corrected chi connectivity index (χ4v) is 9.17. The Bertz CT molecular complexity index is 2760. The zero-order chi connectivity index (χ0) is 41.1. The Morgan fingerprint density at radius 3 is 2.28 bits per heavy atom. The van der Waals surface area contributed by atoms with Crippen molar-refractivity contribution in [2.24, 2.45) is 0 Å². The van der Waals surface area contributed by atoms with Crippen molar-refractivity contribution in [2.75, 3.05) is 51.5 Å². The molecular formula is C49H48N6O5. The molecule has 5 heterocycles. The average molecular weight is 801 g/mol. The highest BCUT2D eigenvalue weighted by Crippen LogP contribution is 2.41. The summed E-state index contributed by atoms with van der Waals surface area (Å²) in [5.41, 5.74) is 7.08. The fourth-order valence-electron chi connectivity index (χ4n) is 9.17. The van der Waals surface area contributed by atoms with Crippen LogP contribution in [0.1, 0.15) is 51.7 Å². The maximum atomic E-state index is 15.3. The van der Waals surface area contributed by atoms with Gasteiger partial charge in [-0.15, -0.1) is 0 Å². The van der Waals surface area contributed by atoms with Gasteiger partial charge >= 0.3 is 0 Å². The number of anilines is 2. The van der Waals surface area contributed by atoms with Crippen LogP contribution in [0.4, 0.5) is 11.4 Å². The number of aromatic hydroxyl groups is 1. The fraction of sp³-hybridized carbons (Fsp3) is 0.265. The van der Waals surface area contributed by atoms with Crippen LogP contribution in [-0.2, 0) is 13.0 Å². The van der Waals surface area contributed by atoms with E-state index in [0.717, 1.165) is 66.5 Å². The second kappa shape index (κ2) is 15.2. The maximum Gasteiger partial charge on any atom is 0.265 e. The topological polar surface area (TPSA) is 95.7 Å². The molecule has 0 bridgehead atoms. The minimum absolute atomic E-state index is 0.0405. The molecule has 11 heteroatoms. The number of rotatable bonds is 8. The molecule has 11 nitrogen and oxygen atoms in total. The molecule has 2 aromatic heterocycles. The monoisotopic (exact) mass is 800 g/mol. The summed E-state index contributed by atoms with van der Waals surface area (Å²) < 4.78 is 16.0. The normalized spacial score (nSPS) is 16.8. The van der Waals surface area contributed by atoms with E-state index in [1.807, 2.05) is 70.3 Å². The van der Waals surface area contributed by atoms with Gasteiger partial charge in [0.05, 0.1) is 22.3 Å². The van der Waals surface area contributed by atoms with E-state index in [-0.39, 0.29) is 36.4 Å². The number of carbonyl (C=O) groups is 2. The summed E-state index contributed by atoms with van der Waals surface area (Å²) in [4.78, 5) is 39.2. The second-order valence-electron chi connectivity index (χ2n) is 16.5. The number of fused-ring (bicyclic) bond motifs is 4. The van der Waals surface area contributed by atoms with Gasteiger partial charge in [0.15, 0.2) is 11.5 Å². The predicted molar refractivity (Wildman–Crippen MR) is 234 cm³/mol. The number of aromatic nitrogens is 2. The predicted octanol–water partition coefficient (Wildman–Crippen LogP) is 8.39. The molecule has 0 spiro atoms. The van der Waals surface area contributed by atoms with Gasteiger partial charge in [-0.25, -0.2) is 0 Å². The number of piperazine rings is 1. The molecule has 1 N–H and O–H groups in total. The lowest BCUT2D eigenvalue weighted by molar-refractivity contribution is 0.0535. The first-order chi connectivity index (χ1) is 29.2. The highest BCUT2D eigenvalue weighted by Gasteiger charge is 2.35. The second-order valence-corrected chi connectivity index (χ2v) is 16.5. The van der Waals surface area contributed by atoms with Crippen molar-refractivity contribution in [3.8, 4) is 22.9 Å². The van der Waals surface area contributed by atoms with Crippen LogP contribution in [0.5, 0.6) is 17.2 Å². The van der Waals surface area contributed by atoms with Crippen molar-refractivity contribution in [1.29, 1.82) is 0 Å². The summed E-state index contributed by atoms with van der Waals surface area (Å²) in [5.74, 6) is 0.803. The number of benzene rings is 5. The number of nitrogens with zero attached hydrogens (tertiary/aromatic N) is 6. The van der Waals surface area contributed by atoms with Gasteiger partial charge in [0.25, 0.3) is 11.8 Å². The number of carbonyl (C=O) groups excluding carboxylic acids is 2. The van der Waals surface area contributed by atoms with Crippen LogP contribution in [0.15, 0.2) is 122 Å². The van der Waals surface area contributed by atoms with E-state index in [2.05, 4.69) is 71.8 Å². The van der Waals surface area contributed by atoms with Crippen LogP contribution in [0.2, 0.25) is 0 Å². The van der Waals surface area contributed by atoms with Gasteiger partial charge in [-0.2, -0.15) is 0 Å². The number of hydrogen-bond donors (Lipinski definition) is 1. The van der Waals surface area contributed by atoms with Crippen LogP contribution in [0.25, 0.3) is 27.5 Å². The SMILES string of the molecule is CC(C)n1ccc2cc(N(C(=O)c3cn(-c4cc5c(cc4C(=O)N4Cc6ccccc6C[C@H]4CN4CCN(C)CC4)OCO5)c4ccccc34)c3ccc(O)cc3)ccc21. The third kappa shape index (κ3) is 6.73. The highest BCUT2D eigenvalue weighted by molar-refractivity contribution is 6.18. The van der Waals surface area contributed by atoms with Crippen molar-refractivity contribution in [3.63, 3.8) is 0 Å². The van der Waals surface area contributed by atoms with Gasteiger partial charge in [0, 0.05) is 97.5 Å². The van der Waals surface area contributed by atoms with Gasteiger partial charge in [-0.1, -0.05) is 42.5 Å². The zero-order valence-electron chi connectivity index (χ0n) is 34.1. The Morgan fingerprint density at radius 2 is 1.50 bits per heavy atom. The Balaban J connectivity index is 1.09. The Labute approximate surface area is 349 Å². The number of hydrogen-bond acceptors (Lipinski definition) is 7. The summed E-state index contributed by atoms with van der Waals surface area (Å²) in [5, 5.41) is 12.0. The Morgan fingerprint density at radius 1 is 0.783 bits per heavy atom. The van der Waals surface area contributed by atoms with Gasteiger partial charge in [0.1, 0.15) is 5.75 Å². The van der Waals surface area contributed by atoms with E-state index < -0.39 is 0 Å². The quantitative estimate of drug-likeness (QED) is 0.165. The molecule has 60 heavy (non-hydrogen) atoms. The van der Waals surface area contributed by atoms with Crippen LogP contribution >= 0.6 is 0 Å². The molecule has 7 aromatic rings. The van der Waals surface area contributed by atoms with Crippen molar-refractivity contribution in [2.45, 2.75) is 38.9 Å². The Hall–Kier alpha value is -6.56. The molecule has 1 saturated heterocycles. The lowest BCUT2D eigenvalue weighted by Crippen LogP contribution is -2.53. The van der Waals surface area contributed by atoms with Crippen LogP contribution in [0, 0.1) is 0 Å². The first-order valence-electron chi connectivity index (χ1n) is 20.8. The molecular weight excluding hydrogens is 753 g/mol. The molecule has 3 aliphatic heterocycles. The lowest BCUT2D eigenvalue weighted by Gasteiger charge is -2.41. The van der Waals surface area contributed by atoms with Crippen LogP contribution in [0.3, 0.4) is 0 Å². The minimum Gasteiger partial charge on any atom is -0.508 e. The number of amides is 2. The molecule has 5 aromatic carbocycles. The molecule has 10 rings (SSSR count). The van der Waals surface area contributed by atoms with Crippen molar-refractivity contribution in [3.05, 3.63) is 144 Å². The molecule has 0 saturated carbocycles. The Kier molecular flexibility index (Phi) is 9.57. The van der Waals surface area contributed by atoms with E-state index in [4.69, 9.17) is 9.47 Å². The number of ether oxygens (including phenoxy) is 2. The third-order valence-electron chi connectivity index (χ3n) is 12.4. The van der Waals surface area contributed by atoms with Crippen LogP contribution < -0.4 is 14.4 Å². The molecule has 1 atom stereocenters. The van der Waals surface area contributed by atoms with Gasteiger partial charge in [0.2, 0.25) is 6.79 Å². The minimum atomic E-state index is -0.258. The summed E-state index contributed by atoms with van der Waals surface area (Å²) in [6.07, 6.45) is 4.68. The van der Waals surface area contributed by atoms with E-state index in [1.165, 1.54) is 5.56 Å². The van der Waals surface area contributed by atoms with Crippen LogP contribution in [-0.4, -0.2) is 93.4 Å². The molecule has 0 unspecified atom stereocenters. The molecule has 2 amide bonds. The summed E-state index contributed by atoms with van der Waals surface area (Å²) in [7, 11) is 2.16. The van der Waals surface area contributed by atoms with E-state index in [0.29, 0.717) is 46.2 Å². The van der Waals surface area contributed by atoms with Crippen molar-refractivity contribution < 1.29 is 24.2 Å². The van der Waals surface area contributed by atoms with Crippen molar-refractivity contribution in [1.82, 2.24) is 23.8 Å². The van der Waals surface area contributed by atoms with Gasteiger partial charge < -0.3 is 33.5 Å². The summed E-state index contributed by atoms with van der Waals surface area (Å²) in [6, 6.07) is 34.9. The van der Waals surface area contributed by atoms with E-state index in [9.17, 15) is 5.11 Å². The number of likely N-dealkylation sites (N-methyl/N-ethyl adjacent to an activating group) is 1. The smallest absolute Gasteiger partial charge is 0.265 e. The van der Waals surface area contributed by atoms with Gasteiger partial charge in [-0.05, 0) is 99.1 Å². The average Bonchev–Trinajstić information content (AvgIpc) is 4.01.